The molecular weight excluding hydrogens is 236 g/mol. The van der Waals surface area contributed by atoms with Gasteiger partial charge in [0.2, 0.25) is 0 Å². The summed E-state index contributed by atoms with van der Waals surface area (Å²) in [5, 5.41) is 3.61. The number of nitrogens with one attached hydrogen (secondary N) is 1. The molecule has 4 nitrogen and oxygen atoms in total. The molecule has 1 N–H and O–H groups in total. The minimum Gasteiger partial charge on any atom is -0.309 e. The Hall–Kier alpha value is -0.130. The van der Waals surface area contributed by atoms with E-state index >= 15 is 0 Å². The molecule has 0 aromatic rings. The zero-order valence-corrected chi connectivity index (χ0v) is 12.1. The van der Waals surface area contributed by atoms with Crippen LogP contribution in [0.3, 0.4) is 0 Å². The second kappa shape index (κ2) is 6.16. The van der Waals surface area contributed by atoms with Gasteiger partial charge in [0, 0.05) is 31.4 Å². The van der Waals surface area contributed by atoms with Crippen molar-refractivity contribution < 1.29 is 8.42 Å². The van der Waals surface area contributed by atoms with Gasteiger partial charge in [-0.25, -0.2) is 8.42 Å². The van der Waals surface area contributed by atoms with Crippen molar-refractivity contribution in [1.29, 1.82) is 0 Å². The van der Waals surface area contributed by atoms with Crippen LogP contribution in [0.15, 0.2) is 0 Å². The van der Waals surface area contributed by atoms with E-state index in [0.717, 1.165) is 45.4 Å². The first kappa shape index (κ1) is 14.9. The van der Waals surface area contributed by atoms with Gasteiger partial charge in [-0.3, -0.25) is 0 Å². The molecule has 0 aliphatic carbocycles. The lowest BCUT2D eigenvalue weighted by Gasteiger charge is -2.43. The molecule has 1 fully saturated rings. The Labute approximate surface area is 106 Å². The van der Waals surface area contributed by atoms with E-state index in [1.54, 1.807) is 0 Å². The summed E-state index contributed by atoms with van der Waals surface area (Å²) in [6.45, 7) is 8.43. The van der Waals surface area contributed by atoms with Crippen molar-refractivity contribution in [2.45, 2.75) is 38.6 Å². The van der Waals surface area contributed by atoms with Crippen LogP contribution in [0.5, 0.6) is 0 Å². The fourth-order valence-electron chi connectivity index (χ4n) is 2.51. The highest BCUT2D eigenvalue weighted by Gasteiger charge is 2.31. The van der Waals surface area contributed by atoms with Crippen LogP contribution in [-0.4, -0.2) is 57.0 Å². The summed E-state index contributed by atoms with van der Waals surface area (Å²) < 4.78 is 22.2. The first-order chi connectivity index (χ1) is 7.91. The molecule has 0 aromatic carbocycles. The van der Waals surface area contributed by atoms with Gasteiger partial charge in [-0.05, 0) is 25.8 Å². The van der Waals surface area contributed by atoms with Crippen LogP contribution >= 0.6 is 0 Å². The van der Waals surface area contributed by atoms with Gasteiger partial charge >= 0.3 is 0 Å². The number of piperazine rings is 1. The molecule has 0 saturated carbocycles. The fraction of sp³-hybridized carbons (Fsp3) is 1.00. The maximum Gasteiger partial charge on any atom is 0.147 e. The number of hydrogen-bond acceptors (Lipinski definition) is 4. The SMILES string of the molecule is CCC1(CC)CN(CCCS(C)(=O)=O)CCN1. The van der Waals surface area contributed by atoms with Crippen LogP contribution in [0.4, 0.5) is 0 Å². The lowest BCUT2D eigenvalue weighted by Crippen LogP contribution is -2.59. The van der Waals surface area contributed by atoms with Crippen molar-refractivity contribution in [3.63, 3.8) is 0 Å². The average Bonchev–Trinajstić information content (AvgIpc) is 2.27. The maximum atomic E-state index is 11.1. The predicted octanol–water partition coefficient (Wildman–Crippen LogP) is 0.885. The normalized spacial score (nSPS) is 21.6. The maximum absolute atomic E-state index is 11.1. The Kier molecular flexibility index (Phi) is 5.41. The van der Waals surface area contributed by atoms with Crippen molar-refractivity contribution in [3.05, 3.63) is 0 Å². The van der Waals surface area contributed by atoms with Crippen LogP contribution in [0.2, 0.25) is 0 Å². The molecule has 1 heterocycles. The van der Waals surface area contributed by atoms with E-state index < -0.39 is 9.84 Å². The third-order valence-electron chi connectivity index (χ3n) is 3.80. The van der Waals surface area contributed by atoms with E-state index in [4.69, 9.17) is 0 Å². The highest BCUT2D eigenvalue weighted by atomic mass is 32.2. The van der Waals surface area contributed by atoms with Crippen molar-refractivity contribution >= 4 is 9.84 Å². The number of sulfone groups is 1. The van der Waals surface area contributed by atoms with Crippen LogP contribution in [0.1, 0.15) is 33.1 Å². The zero-order valence-electron chi connectivity index (χ0n) is 11.3. The van der Waals surface area contributed by atoms with E-state index in [1.165, 1.54) is 6.26 Å². The van der Waals surface area contributed by atoms with Gasteiger partial charge in [0.1, 0.15) is 9.84 Å². The van der Waals surface area contributed by atoms with Crippen molar-refractivity contribution in [2.75, 3.05) is 38.2 Å². The van der Waals surface area contributed by atoms with Crippen LogP contribution in [-0.2, 0) is 9.84 Å². The molecule has 0 radical (unpaired) electrons. The van der Waals surface area contributed by atoms with Crippen molar-refractivity contribution in [3.8, 4) is 0 Å². The predicted molar refractivity (Wildman–Crippen MR) is 72.1 cm³/mol. The van der Waals surface area contributed by atoms with Crippen molar-refractivity contribution in [1.82, 2.24) is 10.2 Å². The molecule has 102 valence electrons. The van der Waals surface area contributed by atoms with E-state index in [1.807, 2.05) is 0 Å². The molecule has 1 aliphatic heterocycles. The van der Waals surface area contributed by atoms with Gasteiger partial charge < -0.3 is 10.2 Å². The highest BCUT2D eigenvalue weighted by molar-refractivity contribution is 7.90. The zero-order chi connectivity index (χ0) is 12.9. The van der Waals surface area contributed by atoms with Crippen LogP contribution in [0, 0.1) is 0 Å². The Morgan fingerprint density at radius 2 is 1.94 bits per heavy atom. The molecule has 0 spiro atoms. The largest absolute Gasteiger partial charge is 0.309 e. The molecule has 0 amide bonds. The molecule has 0 aromatic heterocycles. The molecule has 17 heavy (non-hydrogen) atoms. The van der Waals surface area contributed by atoms with Gasteiger partial charge in [0.15, 0.2) is 0 Å². The second-order valence-electron chi connectivity index (χ2n) is 5.17. The molecule has 0 unspecified atom stereocenters. The number of nitrogens with zero attached hydrogens (tertiary/aromatic N) is 1. The van der Waals surface area contributed by atoms with Gasteiger partial charge in [-0.1, -0.05) is 13.8 Å². The smallest absolute Gasteiger partial charge is 0.147 e. The first-order valence-electron chi connectivity index (χ1n) is 6.56. The Bertz CT molecular complexity index is 323. The van der Waals surface area contributed by atoms with Crippen molar-refractivity contribution in [2.24, 2.45) is 0 Å². The summed E-state index contributed by atoms with van der Waals surface area (Å²) in [4.78, 5) is 2.40. The topological polar surface area (TPSA) is 49.4 Å². The summed E-state index contributed by atoms with van der Waals surface area (Å²) in [5.41, 5.74) is 0.239. The van der Waals surface area contributed by atoms with Crippen LogP contribution in [0.25, 0.3) is 0 Å². The van der Waals surface area contributed by atoms with Gasteiger partial charge in [0.25, 0.3) is 0 Å². The van der Waals surface area contributed by atoms with E-state index in [-0.39, 0.29) is 5.54 Å². The monoisotopic (exact) mass is 262 g/mol. The molecular formula is C12H26N2O2S. The van der Waals surface area contributed by atoms with Gasteiger partial charge in [0.05, 0.1) is 5.75 Å². The third-order valence-corrected chi connectivity index (χ3v) is 4.83. The highest BCUT2D eigenvalue weighted by Crippen LogP contribution is 2.19. The molecule has 0 bridgehead atoms. The molecule has 1 rings (SSSR count). The van der Waals surface area contributed by atoms with Crippen LogP contribution < -0.4 is 5.32 Å². The summed E-state index contributed by atoms with van der Waals surface area (Å²) in [6, 6.07) is 0. The number of hydrogen-bond donors (Lipinski definition) is 1. The molecule has 0 atom stereocenters. The molecule has 1 saturated heterocycles. The average molecular weight is 262 g/mol. The third kappa shape index (κ3) is 4.94. The van der Waals surface area contributed by atoms with Gasteiger partial charge in [-0.15, -0.1) is 0 Å². The van der Waals surface area contributed by atoms with Gasteiger partial charge in [-0.2, -0.15) is 0 Å². The second-order valence-corrected chi connectivity index (χ2v) is 7.43. The summed E-state index contributed by atoms with van der Waals surface area (Å²) in [6.07, 6.45) is 4.33. The lowest BCUT2D eigenvalue weighted by molar-refractivity contribution is 0.124. The Balaban J connectivity index is 2.40. The minimum absolute atomic E-state index is 0.239. The lowest BCUT2D eigenvalue weighted by atomic mass is 9.90. The quantitative estimate of drug-likeness (QED) is 0.772. The minimum atomic E-state index is -2.81. The summed E-state index contributed by atoms with van der Waals surface area (Å²) in [5.74, 6) is 0.308. The summed E-state index contributed by atoms with van der Waals surface area (Å²) >= 11 is 0. The van der Waals surface area contributed by atoms with E-state index in [9.17, 15) is 8.42 Å². The first-order valence-corrected chi connectivity index (χ1v) is 8.62. The number of rotatable bonds is 6. The summed E-state index contributed by atoms with van der Waals surface area (Å²) in [7, 11) is -2.81. The standard InChI is InChI=1S/C12H26N2O2S/c1-4-12(5-2)11-14(9-7-13-12)8-6-10-17(3,15)16/h13H,4-11H2,1-3H3. The Morgan fingerprint density at radius 3 is 2.47 bits per heavy atom. The van der Waals surface area contributed by atoms with E-state index in [0.29, 0.717) is 5.75 Å². The molecule has 1 aliphatic rings. The Morgan fingerprint density at radius 1 is 1.29 bits per heavy atom. The molecule has 5 heteroatoms. The van der Waals surface area contributed by atoms with E-state index in [2.05, 4.69) is 24.1 Å². The fourth-order valence-corrected chi connectivity index (χ4v) is 3.16.